The molecule has 6 nitrogen and oxygen atoms in total. The standard InChI is InChI=1S/C24H20F5N3O3/c1-14(16-8-5-9-18(12-16)35-22(25)26)30-23(34)32-20-11-10-17(13-19(20)24(27,28)29)31-21(33)15-6-3-2-4-7-15/h2-14,22H,1H3,(H,31,33)(H2,30,32,34). The number of carbonyl (C=O) groups is 2. The Morgan fingerprint density at radius 2 is 1.60 bits per heavy atom. The van der Waals surface area contributed by atoms with Gasteiger partial charge in [0.15, 0.2) is 0 Å². The van der Waals surface area contributed by atoms with E-state index in [9.17, 15) is 31.5 Å². The lowest BCUT2D eigenvalue weighted by Gasteiger charge is -2.19. The van der Waals surface area contributed by atoms with E-state index in [0.29, 0.717) is 11.6 Å². The molecule has 3 aromatic rings. The Bertz CT molecular complexity index is 1190. The third-order valence-corrected chi connectivity index (χ3v) is 4.80. The average molecular weight is 493 g/mol. The topological polar surface area (TPSA) is 79.5 Å². The molecule has 0 bridgehead atoms. The van der Waals surface area contributed by atoms with Crippen molar-refractivity contribution in [1.29, 1.82) is 0 Å². The number of carbonyl (C=O) groups excluding carboxylic acids is 2. The minimum atomic E-state index is -4.83. The zero-order valence-electron chi connectivity index (χ0n) is 18.2. The van der Waals surface area contributed by atoms with Gasteiger partial charge in [-0.25, -0.2) is 4.79 Å². The molecule has 0 saturated heterocycles. The summed E-state index contributed by atoms with van der Waals surface area (Å²) >= 11 is 0. The molecule has 3 rings (SSSR count). The van der Waals surface area contributed by atoms with Gasteiger partial charge >= 0.3 is 18.8 Å². The second-order valence-electron chi connectivity index (χ2n) is 7.35. The van der Waals surface area contributed by atoms with Gasteiger partial charge in [0, 0.05) is 11.3 Å². The molecule has 1 unspecified atom stereocenters. The van der Waals surface area contributed by atoms with Crippen molar-refractivity contribution in [1.82, 2.24) is 5.32 Å². The maximum absolute atomic E-state index is 13.7. The highest BCUT2D eigenvalue weighted by molar-refractivity contribution is 6.04. The van der Waals surface area contributed by atoms with Gasteiger partial charge in [-0.15, -0.1) is 0 Å². The summed E-state index contributed by atoms with van der Waals surface area (Å²) in [6.07, 6.45) is -4.83. The van der Waals surface area contributed by atoms with Crippen molar-refractivity contribution in [3.63, 3.8) is 0 Å². The van der Waals surface area contributed by atoms with Crippen LogP contribution >= 0.6 is 0 Å². The molecule has 0 spiro atoms. The van der Waals surface area contributed by atoms with Crippen molar-refractivity contribution in [3.05, 3.63) is 89.5 Å². The molecule has 184 valence electrons. The van der Waals surface area contributed by atoms with E-state index in [1.54, 1.807) is 18.2 Å². The van der Waals surface area contributed by atoms with Crippen LogP contribution in [0, 0.1) is 0 Å². The summed E-state index contributed by atoms with van der Waals surface area (Å²) in [7, 11) is 0. The third-order valence-electron chi connectivity index (χ3n) is 4.80. The van der Waals surface area contributed by atoms with Gasteiger partial charge in [0.25, 0.3) is 5.91 Å². The Hall–Kier alpha value is -4.15. The molecule has 0 aliphatic carbocycles. The Balaban J connectivity index is 1.73. The van der Waals surface area contributed by atoms with Crippen LogP contribution in [0.4, 0.5) is 38.1 Å². The molecule has 1 atom stereocenters. The number of hydrogen-bond donors (Lipinski definition) is 3. The lowest BCUT2D eigenvalue weighted by atomic mass is 10.1. The van der Waals surface area contributed by atoms with Crippen molar-refractivity contribution in [2.75, 3.05) is 10.6 Å². The molecule has 0 aliphatic rings. The van der Waals surface area contributed by atoms with Crippen LogP contribution in [0.5, 0.6) is 5.75 Å². The zero-order chi connectivity index (χ0) is 25.6. The zero-order valence-corrected chi connectivity index (χ0v) is 18.2. The summed E-state index contributed by atoms with van der Waals surface area (Å²) in [5, 5.41) is 6.98. The highest BCUT2D eigenvalue weighted by Crippen LogP contribution is 2.36. The summed E-state index contributed by atoms with van der Waals surface area (Å²) in [6.45, 7) is -1.51. The van der Waals surface area contributed by atoms with E-state index in [1.165, 1.54) is 49.4 Å². The van der Waals surface area contributed by atoms with Crippen molar-refractivity contribution >= 4 is 23.3 Å². The molecule has 3 N–H and O–H groups in total. The largest absolute Gasteiger partial charge is 0.435 e. The monoisotopic (exact) mass is 493 g/mol. The number of halogens is 5. The molecule has 0 fully saturated rings. The van der Waals surface area contributed by atoms with Gasteiger partial charge in [-0.05, 0) is 55.0 Å². The quantitative estimate of drug-likeness (QED) is 0.332. The third kappa shape index (κ3) is 7.16. The van der Waals surface area contributed by atoms with Gasteiger partial charge in [0.1, 0.15) is 5.75 Å². The molecule has 0 radical (unpaired) electrons. The van der Waals surface area contributed by atoms with E-state index in [1.807, 2.05) is 0 Å². The predicted octanol–water partition coefficient (Wildman–Crippen LogP) is 6.44. The van der Waals surface area contributed by atoms with E-state index in [0.717, 1.165) is 6.07 Å². The lowest BCUT2D eigenvalue weighted by Crippen LogP contribution is -2.32. The molecule has 0 saturated carbocycles. The molecular formula is C24H20F5N3O3. The number of amides is 3. The highest BCUT2D eigenvalue weighted by atomic mass is 19.4. The molecule has 0 heterocycles. The van der Waals surface area contributed by atoms with E-state index >= 15 is 0 Å². The van der Waals surface area contributed by atoms with Crippen LogP contribution in [0.3, 0.4) is 0 Å². The van der Waals surface area contributed by atoms with E-state index in [4.69, 9.17) is 0 Å². The molecule has 0 aromatic heterocycles. The first-order chi connectivity index (χ1) is 16.5. The molecule has 11 heteroatoms. The number of benzene rings is 3. The van der Waals surface area contributed by atoms with Crippen LogP contribution in [0.25, 0.3) is 0 Å². The number of nitrogens with one attached hydrogen (secondary N) is 3. The molecule has 3 aromatic carbocycles. The maximum atomic E-state index is 13.7. The minimum absolute atomic E-state index is 0.110. The summed E-state index contributed by atoms with van der Waals surface area (Å²) in [4.78, 5) is 24.6. The number of hydrogen-bond acceptors (Lipinski definition) is 3. The van der Waals surface area contributed by atoms with E-state index in [-0.39, 0.29) is 17.0 Å². The van der Waals surface area contributed by atoms with E-state index < -0.39 is 42.0 Å². The summed E-state index contributed by atoms with van der Waals surface area (Å²) in [6, 6.07) is 14.8. The average Bonchev–Trinajstić information content (AvgIpc) is 2.79. The minimum Gasteiger partial charge on any atom is -0.435 e. The Morgan fingerprint density at radius 3 is 2.26 bits per heavy atom. The smallest absolute Gasteiger partial charge is 0.418 e. The van der Waals surface area contributed by atoms with Crippen LogP contribution in [0.15, 0.2) is 72.8 Å². The van der Waals surface area contributed by atoms with Crippen LogP contribution in [-0.2, 0) is 6.18 Å². The summed E-state index contributed by atoms with van der Waals surface area (Å²) in [5.41, 5.74) is -1.15. The first-order valence-corrected chi connectivity index (χ1v) is 10.2. The first kappa shape index (κ1) is 25.5. The fourth-order valence-corrected chi connectivity index (χ4v) is 3.16. The van der Waals surface area contributed by atoms with Crippen LogP contribution in [-0.4, -0.2) is 18.5 Å². The van der Waals surface area contributed by atoms with Crippen LogP contribution in [0.2, 0.25) is 0 Å². The SMILES string of the molecule is CC(NC(=O)Nc1ccc(NC(=O)c2ccccc2)cc1C(F)(F)F)c1cccc(OC(F)F)c1. The van der Waals surface area contributed by atoms with Gasteiger partial charge in [0.2, 0.25) is 0 Å². The van der Waals surface area contributed by atoms with Gasteiger partial charge in [-0.3, -0.25) is 4.79 Å². The Morgan fingerprint density at radius 1 is 0.886 bits per heavy atom. The van der Waals surface area contributed by atoms with Gasteiger partial charge < -0.3 is 20.7 Å². The Kier molecular flexibility index (Phi) is 7.90. The van der Waals surface area contributed by atoms with Crippen molar-refractivity contribution < 1.29 is 36.3 Å². The second-order valence-corrected chi connectivity index (χ2v) is 7.35. The number of anilines is 2. The number of ether oxygens (including phenoxy) is 1. The summed E-state index contributed by atoms with van der Waals surface area (Å²) in [5.74, 6) is -0.719. The second kappa shape index (κ2) is 10.9. The fourth-order valence-electron chi connectivity index (χ4n) is 3.16. The van der Waals surface area contributed by atoms with Crippen molar-refractivity contribution in [2.45, 2.75) is 25.8 Å². The fraction of sp³-hybridized carbons (Fsp3) is 0.167. The maximum Gasteiger partial charge on any atom is 0.418 e. The number of urea groups is 1. The molecule has 35 heavy (non-hydrogen) atoms. The highest BCUT2D eigenvalue weighted by Gasteiger charge is 2.34. The van der Waals surface area contributed by atoms with Gasteiger partial charge in [0.05, 0.1) is 17.3 Å². The van der Waals surface area contributed by atoms with Crippen molar-refractivity contribution in [3.8, 4) is 5.75 Å². The van der Waals surface area contributed by atoms with E-state index in [2.05, 4.69) is 20.7 Å². The molecular weight excluding hydrogens is 473 g/mol. The predicted molar refractivity (Wildman–Crippen MR) is 119 cm³/mol. The Labute approximate surface area is 197 Å². The van der Waals surface area contributed by atoms with Crippen molar-refractivity contribution in [2.24, 2.45) is 0 Å². The lowest BCUT2D eigenvalue weighted by molar-refractivity contribution is -0.136. The van der Waals surface area contributed by atoms with Crippen LogP contribution < -0.4 is 20.7 Å². The summed E-state index contributed by atoms with van der Waals surface area (Å²) < 4.78 is 70.1. The molecule has 0 aliphatic heterocycles. The van der Waals surface area contributed by atoms with Gasteiger partial charge in [-0.1, -0.05) is 30.3 Å². The van der Waals surface area contributed by atoms with Gasteiger partial charge in [-0.2, -0.15) is 22.0 Å². The number of rotatable bonds is 7. The number of alkyl halides is 5. The first-order valence-electron chi connectivity index (χ1n) is 10.2. The normalized spacial score (nSPS) is 12.1. The van der Waals surface area contributed by atoms with Crippen LogP contribution in [0.1, 0.15) is 34.5 Å². The molecule has 3 amide bonds.